The van der Waals surface area contributed by atoms with Crippen molar-refractivity contribution in [2.45, 2.75) is 38.2 Å². The summed E-state index contributed by atoms with van der Waals surface area (Å²) in [7, 11) is -3.88. The first-order valence-corrected chi connectivity index (χ1v) is 8.28. The van der Waals surface area contributed by atoms with Crippen molar-refractivity contribution in [3.05, 3.63) is 29.3 Å². The number of ether oxygens (including phenoxy) is 2. The van der Waals surface area contributed by atoms with E-state index in [1.54, 1.807) is 13.0 Å². The lowest BCUT2D eigenvalue weighted by Crippen LogP contribution is -2.21. The molecular weight excluding hydrogens is 294 g/mol. The number of hydrogen-bond acceptors (Lipinski definition) is 5. The van der Waals surface area contributed by atoms with Gasteiger partial charge in [0, 0.05) is 6.61 Å². The molecule has 1 aromatic carbocycles. The highest BCUT2D eigenvalue weighted by Gasteiger charge is 2.18. The number of hydrogen-bond donors (Lipinski definition) is 1. The number of primary sulfonamides is 1. The summed E-state index contributed by atoms with van der Waals surface area (Å²) in [5.41, 5.74) is 0.719. The molecule has 0 radical (unpaired) electrons. The zero-order valence-electron chi connectivity index (χ0n) is 12.5. The highest BCUT2D eigenvalue weighted by molar-refractivity contribution is 7.89. The molecule has 118 valence electrons. The van der Waals surface area contributed by atoms with E-state index in [1.165, 1.54) is 12.1 Å². The third kappa shape index (κ3) is 5.11. The lowest BCUT2D eigenvalue weighted by Gasteiger charge is -2.14. The summed E-state index contributed by atoms with van der Waals surface area (Å²) in [6.07, 6.45) is 0.0863. The molecule has 1 aromatic rings. The third-order valence-electron chi connectivity index (χ3n) is 2.86. The highest BCUT2D eigenvalue weighted by Crippen LogP contribution is 2.18. The van der Waals surface area contributed by atoms with Crippen LogP contribution in [0.5, 0.6) is 0 Å². The van der Waals surface area contributed by atoms with Gasteiger partial charge in [0.2, 0.25) is 10.0 Å². The summed E-state index contributed by atoms with van der Waals surface area (Å²) >= 11 is 0. The molecule has 1 rings (SSSR count). The summed E-state index contributed by atoms with van der Waals surface area (Å²) in [6, 6.07) is 4.36. The summed E-state index contributed by atoms with van der Waals surface area (Å²) in [5.74, 6) is -0.602. The first-order chi connectivity index (χ1) is 9.79. The molecule has 0 heterocycles. The Balaban J connectivity index is 2.96. The SMILES string of the molecule is CCOCC(C)OC(=O)c1ccc(CC)c(S(N)(=O)=O)c1. The van der Waals surface area contributed by atoms with Gasteiger partial charge in [0.1, 0.15) is 6.10 Å². The number of aryl methyl sites for hydroxylation is 1. The number of rotatable bonds is 7. The van der Waals surface area contributed by atoms with Gasteiger partial charge in [-0.05, 0) is 38.0 Å². The minimum atomic E-state index is -3.88. The van der Waals surface area contributed by atoms with Crippen LogP contribution in [-0.4, -0.2) is 33.7 Å². The normalized spacial score (nSPS) is 13.0. The molecule has 0 amide bonds. The van der Waals surface area contributed by atoms with Crippen molar-refractivity contribution in [3.63, 3.8) is 0 Å². The summed E-state index contributed by atoms with van der Waals surface area (Å²) < 4.78 is 33.4. The Morgan fingerprint density at radius 3 is 2.52 bits per heavy atom. The van der Waals surface area contributed by atoms with Crippen LogP contribution in [0, 0.1) is 0 Å². The van der Waals surface area contributed by atoms with Crippen molar-refractivity contribution < 1.29 is 22.7 Å². The van der Waals surface area contributed by atoms with Gasteiger partial charge in [0.05, 0.1) is 17.1 Å². The van der Waals surface area contributed by atoms with Crippen molar-refractivity contribution in [1.82, 2.24) is 0 Å². The molecule has 0 aliphatic carbocycles. The first-order valence-electron chi connectivity index (χ1n) is 6.74. The molecule has 0 aromatic heterocycles. The molecule has 2 N–H and O–H groups in total. The maximum Gasteiger partial charge on any atom is 0.338 e. The number of benzene rings is 1. The van der Waals surface area contributed by atoms with Gasteiger partial charge >= 0.3 is 5.97 Å². The van der Waals surface area contributed by atoms with E-state index in [0.29, 0.717) is 18.6 Å². The van der Waals surface area contributed by atoms with Crippen LogP contribution in [0.4, 0.5) is 0 Å². The van der Waals surface area contributed by atoms with Crippen molar-refractivity contribution in [3.8, 4) is 0 Å². The Hall–Kier alpha value is -1.44. The Labute approximate surface area is 125 Å². The Morgan fingerprint density at radius 2 is 2.00 bits per heavy atom. The maximum atomic E-state index is 12.0. The lowest BCUT2D eigenvalue weighted by molar-refractivity contribution is 0.00437. The number of esters is 1. The van der Waals surface area contributed by atoms with Crippen LogP contribution in [0.3, 0.4) is 0 Å². The van der Waals surface area contributed by atoms with Crippen LogP contribution in [0.15, 0.2) is 23.1 Å². The number of sulfonamides is 1. The van der Waals surface area contributed by atoms with E-state index in [0.717, 1.165) is 0 Å². The second-order valence-corrected chi connectivity index (χ2v) is 6.13. The minimum absolute atomic E-state index is 0.0445. The minimum Gasteiger partial charge on any atom is -0.457 e. The monoisotopic (exact) mass is 315 g/mol. The van der Waals surface area contributed by atoms with E-state index in [2.05, 4.69) is 0 Å². The number of carbonyl (C=O) groups is 1. The number of carbonyl (C=O) groups excluding carboxylic acids is 1. The van der Waals surface area contributed by atoms with E-state index in [9.17, 15) is 13.2 Å². The molecule has 0 aliphatic rings. The molecule has 21 heavy (non-hydrogen) atoms. The lowest BCUT2D eigenvalue weighted by atomic mass is 10.1. The molecule has 0 fully saturated rings. The van der Waals surface area contributed by atoms with Crippen LogP contribution < -0.4 is 5.14 Å². The topological polar surface area (TPSA) is 95.7 Å². The van der Waals surface area contributed by atoms with E-state index in [1.807, 2.05) is 13.8 Å². The molecule has 0 saturated carbocycles. The Kier molecular flexibility index (Phi) is 6.32. The van der Waals surface area contributed by atoms with Gasteiger partial charge in [-0.15, -0.1) is 0 Å². The van der Waals surface area contributed by atoms with E-state index in [-0.39, 0.29) is 17.1 Å². The quantitative estimate of drug-likeness (QED) is 0.769. The number of nitrogens with two attached hydrogens (primary N) is 1. The first kappa shape index (κ1) is 17.6. The van der Waals surface area contributed by atoms with Gasteiger partial charge in [0.25, 0.3) is 0 Å². The molecule has 0 bridgehead atoms. The summed E-state index contributed by atoms with van der Waals surface area (Å²) in [4.78, 5) is 11.9. The fourth-order valence-electron chi connectivity index (χ4n) is 1.81. The third-order valence-corrected chi connectivity index (χ3v) is 3.85. The van der Waals surface area contributed by atoms with E-state index >= 15 is 0 Å². The van der Waals surface area contributed by atoms with Crippen LogP contribution >= 0.6 is 0 Å². The van der Waals surface area contributed by atoms with E-state index in [4.69, 9.17) is 14.6 Å². The summed E-state index contributed by atoms with van der Waals surface area (Å²) in [5, 5.41) is 5.17. The average molecular weight is 315 g/mol. The molecular formula is C14H21NO5S. The van der Waals surface area contributed by atoms with Gasteiger partial charge in [-0.25, -0.2) is 18.4 Å². The van der Waals surface area contributed by atoms with Gasteiger partial charge in [-0.1, -0.05) is 13.0 Å². The molecule has 1 atom stereocenters. The molecule has 6 nitrogen and oxygen atoms in total. The van der Waals surface area contributed by atoms with Crippen LogP contribution in [0.1, 0.15) is 36.7 Å². The Bertz CT molecular complexity index is 597. The second kappa shape index (κ2) is 7.53. The maximum absolute atomic E-state index is 12.0. The van der Waals surface area contributed by atoms with Crippen molar-refractivity contribution in [1.29, 1.82) is 0 Å². The highest BCUT2D eigenvalue weighted by atomic mass is 32.2. The van der Waals surface area contributed by atoms with Gasteiger partial charge in [-0.3, -0.25) is 0 Å². The summed E-state index contributed by atoms with van der Waals surface area (Å²) in [6.45, 7) is 6.18. The predicted molar refractivity (Wildman–Crippen MR) is 78.6 cm³/mol. The van der Waals surface area contributed by atoms with E-state index < -0.39 is 22.1 Å². The zero-order valence-corrected chi connectivity index (χ0v) is 13.3. The molecule has 0 aliphatic heterocycles. The van der Waals surface area contributed by atoms with Crippen molar-refractivity contribution in [2.75, 3.05) is 13.2 Å². The smallest absolute Gasteiger partial charge is 0.338 e. The standard InChI is InChI=1S/C14H21NO5S/c1-4-11-6-7-12(8-13(11)21(15,17)18)14(16)20-10(3)9-19-5-2/h6-8,10H,4-5,9H2,1-3H3,(H2,15,17,18). The van der Waals surface area contributed by atoms with Crippen LogP contribution in [0.2, 0.25) is 0 Å². The Morgan fingerprint density at radius 1 is 1.33 bits per heavy atom. The fraction of sp³-hybridized carbons (Fsp3) is 0.500. The zero-order chi connectivity index (χ0) is 16.0. The van der Waals surface area contributed by atoms with Gasteiger partial charge in [-0.2, -0.15) is 0 Å². The van der Waals surface area contributed by atoms with Gasteiger partial charge in [0.15, 0.2) is 0 Å². The van der Waals surface area contributed by atoms with Gasteiger partial charge < -0.3 is 9.47 Å². The molecule has 1 unspecified atom stereocenters. The molecule has 0 spiro atoms. The van der Waals surface area contributed by atoms with Crippen LogP contribution in [0.25, 0.3) is 0 Å². The van der Waals surface area contributed by atoms with Crippen molar-refractivity contribution in [2.24, 2.45) is 5.14 Å². The average Bonchev–Trinajstić information content (AvgIpc) is 2.43. The fourth-order valence-corrected chi connectivity index (χ4v) is 2.68. The predicted octanol–water partition coefficient (Wildman–Crippen LogP) is 1.48. The van der Waals surface area contributed by atoms with Crippen molar-refractivity contribution >= 4 is 16.0 Å². The second-order valence-electron chi connectivity index (χ2n) is 4.60. The largest absolute Gasteiger partial charge is 0.457 e. The van der Waals surface area contributed by atoms with Crippen LogP contribution in [-0.2, 0) is 25.9 Å². The molecule has 0 saturated heterocycles. The molecule has 7 heteroatoms.